The van der Waals surface area contributed by atoms with Gasteiger partial charge in [-0.3, -0.25) is 4.21 Å². The number of aromatic nitrogens is 1. The van der Waals surface area contributed by atoms with Crippen LogP contribution in [0.3, 0.4) is 0 Å². The molecule has 0 saturated carbocycles. The average Bonchev–Trinajstić information content (AvgIpc) is 2.72. The van der Waals surface area contributed by atoms with Crippen molar-refractivity contribution in [3.8, 4) is 0 Å². The summed E-state index contributed by atoms with van der Waals surface area (Å²) in [5, 5.41) is 8.95. The second-order valence-corrected chi connectivity index (χ2v) is 7.15. The topological polar surface area (TPSA) is 105 Å². The van der Waals surface area contributed by atoms with E-state index in [0.717, 1.165) is 6.07 Å². The molecule has 19 heavy (non-hydrogen) atoms. The van der Waals surface area contributed by atoms with Gasteiger partial charge in [0.1, 0.15) is 10.6 Å². The first kappa shape index (κ1) is 15.9. The van der Waals surface area contributed by atoms with Crippen LogP contribution in [0, 0.1) is 0 Å². The van der Waals surface area contributed by atoms with E-state index < -0.39 is 26.8 Å². The zero-order chi connectivity index (χ0) is 14.6. The van der Waals surface area contributed by atoms with E-state index in [9.17, 15) is 17.4 Å². The highest BCUT2D eigenvalue weighted by molar-refractivity contribution is 7.89. The number of aromatic carboxylic acids is 1. The molecule has 0 amide bonds. The van der Waals surface area contributed by atoms with Crippen molar-refractivity contribution in [1.29, 1.82) is 0 Å². The first-order chi connectivity index (χ1) is 8.77. The van der Waals surface area contributed by atoms with E-state index in [-0.39, 0.29) is 22.9 Å². The Labute approximate surface area is 114 Å². The molecular weight excluding hydrogens is 292 g/mol. The summed E-state index contributed by atoms with van der Waals surface area (Å²) in [6.07, 6.45) is 2.75. The number of carbonyl (C=O) groups is 1. The monoisotopic (exact) mass is 308 g/mol. The molecule has 1 unspecified atom stereocenters. The number of rotatable bonds is 7. The largest absolute Gasteiger partial charge is 0.477 e. The summed E-state index contributed by atoms with van der Waals surface area (Å²) in [6, 6.07) is 1.11. The van der Waals surface area contributed by atoms with Crippen LogP contribution in [0.25, 0.3) is 0 Å². The van der Waals surface area contributed by atoms with E-state index in [1.807, 2.05) is 0 Å². The van der Waals surface area contributed by atoms with Crippen LogP contribution in [0.2, 0.25) is 0 Å². The standard InChI is InChI=1S/C10H16N2O5S2/c1-3-12-7-8(6-9(12)10(13)14)19(16,17)11-4-5-18(2)15/h6-7,11H,3-5H2,1-2H3,(H,13,14). The van der Waals surface area contributed by atoms with Gasteiger partial charge in [-0.05, 0) is 13.0 Å². The molecule has 2 N–H and O–H groups in total. The van der Waals surface area contributed by atoms with Crippen molar-refractivity contribution >= 4 is 26.8 Å². The number of hydrogen-bond donors (Lipinski definition) is 2. The number of hydrogen-bond acceptors (Lipinski definition) is 4. The highest BCUT2D eigenvalue weighted by Gasteiger charge is 2.20. The van der Waals surface area contributed by atoms with Crippen LogP contribution < -0.4 is 4.72 Å². The fraction of sp³-hybridized carbons (Fsp3) is 0.500. The number of aryl methyl sites for hydroxylation is 1. The van der Waals surface area contributed by atoms with Crippen LogP contribution in [-0.2, 0) is 27.4 Å². The summed E-state index contributed by atoms with van der Waals surface area (Å²) in [6.45, 7) is 2.12. The van der Waals surface area contributed by atoms with Gasteiger partial charge in [-0.1, -0.05) is 0 Å². The quantitative estimate of drug-likeness (QED) is 0.729. The Kier molecular flexibility index (Phi) is 5.27. The Morgan fingerprint density at radius 1 is 1.53 bits per heavy atom. The zero-order valence-corrected chi connectivity index (χ0v) is 12.3. The van der Waals surface area contributed by atoms with E-state index in [2.05, 4.69) is 4.72 Å². The minimum absolute atomic E-state index is 0.0468. The van der Waals surface area contributed by atoms with Crippen molar-refractivity contribution in [2.45, 2.75) is 18.4 Å². The summed E-state index contributed by atoms with van der Waals surface area (Å²) in [5.74, 6) is -0.975. The lowest BCUT2D eigenvalue weighted by molar-refractivity contribution is 0.0685. The number of carboxylic acids is 1. The summed E-state index contributed by atoms with van der Waals surface area (Å²) in [7, 11) is -4.86. The van der Waals surface area contributed by atoms with Gasteiger partial charge in [-0.25, -0.2) is 17.9 Å². The molecule has 1 rings (SSSR count). The van der Waals surface area contributed by atoms with Gasteiger partial charge >= 0.3 is 5.97 Å². The maximum absolute atomic E-state index is 11.9. The molecule has 108 valence electrons. The van der Waals surface area contributed by atoms with Crippen LogP contribution in [0.5, 0.6) is 0 Å². The molecule has 9 heteroatoms. The van der Waals surface area contributed by atoms with Gasteiger partial charge < -0.3 is 9.67 Å². The Morgan fingerprint density at radius 3 is 2.58 bits per heavy atom. The first-order valence-electron chi connectivity index (χ1n) is 5.51. The Hall–Kier alpha value is -1.19. The minimum atomic E-state index is -3.77. The molecule has 0 fully saturated rings. The van der Waals surface area contributed by atoms with E-state index in [1.54, 1.807) is 6.92 Å². The Morgan fingerprint density at radius 2 is 2.16 bits per heavy atom. The van der Waals surface area contributed by atoms with E-state index >= 15 is 0 Å². The van der Waals surface area contributed by atoms with Crippen LogP contribution in [0.4, 0.5) is 0 Å². The molecule has 0 bridgehead atoms. The summed E-state index contributed by atoms with van der Waals surface area (Å²) >= 11 is 0. The van der Waals surface area contributed by atoms with Gasteiger partial charge in [-0.2, -0.15) is 0 Å². The van der Waals surface area contributed by atoms with Crippen molar-refractivity contribution < 1.29 is 22.5 Å². The predicted molar refractivity (Wildman–Crippen MR) is 71.2 cm³/mol. The van der Waals surface area contributed by atoms with Gasteiger partial charge in [0.05, 0.1) is 0 Å². The lowest BCUT2D eigenvalue weighted by atomic mass is 10.4. The second kappa shape index (κ2) is 6.31. The lowest BCUT2D eigenvalue weighted by Gasteiger charge is -2.03. The van der Waals surface area contributed by atoms with E-state index in [4.69, 9.17) is 5.11 Å². The molecule has 1 atom stereocenters. The van der Waals surface area contributed by atoms with Gasteiger partial charge in [0.2, 0.25) is 10.0 Å². The summed E-state index contributed by atoms with van der Waals surface area (Å²) in [4.78, 5) is 10.8. The SMILES string of the molecule is CCn1cc(S(=O)(=O)NCCS(C)=O)cc1C(=O)O. The smallest absolute Gasteiger partial charge is 0.352 e. The predicted octanol–water partition coefficient (Wildman–Crippen LogP) is -0.137. The van der Waals surface area contributed by atoms with Gasteiger partial charge in [0.15, 0.2) is 0 Å². The molecule has 0 aromatic carbocycles. The van der Waals surface area contributed by atoms with Gasteiger partial charge in [0, 0.05) is 42.1 Å². The molecule has 0 spiro atoms. The number of nitrogens with one attached hydrogen (secondary N) is 1. The molecule has 0 aliphatic rings. The Bertz CT molecular complexity index is 591. The lowest BCUT2D eigenvalue weighted by Crippen LogP contribution is -2.27. The van der Waals surface area contributed by atoms with Crippen LogP contribution >= 0.6 is 0 Å². The van der Waals surface area contributed by atoms with Gasteiger partial charge in [0.25, 0.3) is 0 Å². The molecule has 1 aromatic heterocycles. The average molecular weight is 308 g/mol. The van der Waals surface area contributed by atoms with Crippen molar-refractivity contribution in [2.24, 2.45) is 0 Å². The van der Waals surface area contributed by atoms with E-state index in [0.29, 0.717) is 6.54 Å². The van der Waals surface area contributed by atoms with Crippen molar-refractivity contribution in [2.75, 3.05) is 18.6 Å². The highest BCUT2D eigenvalue weighted by Crippen LogP contribution is 2.14. The fourth-order valence-electron chi connectivity index (χ4n) is 1.47. The fourth-order valence-corrected chi connectivity index (χ4v) is 3.06. The maximum Gasteiger partial charge on any atom is 0.352 e. The van der Waals surface area contributed by atoms with Crippen molar-refractivity contribution in [3.63, 3.8) is 0 Å². The molecule has 1 aromatic rings. The third-order valence-electron chi connectivity index (χ3n) is 2.42. The molecule has 0 saturated heterocycles. The zero-order valence-electron chi connectivity index (χ0n) is 10.6. The normalized spacial score (nSPS) is 13.4. The molecule has 7 nitrogen and oxygen atoms in total. The summed E-state index contributed by atoms with van der Waals surface area (Å²) < 4.78 is 38.3. The number of carboxylic acid groups (broad SMARTS) is 1. The second-order valence-electron chi connectivity index (χ2n) is 3.83. The van der Waals surface area contributed by atoms with Crippen molar-refractivity contribution in [1.82, 2.24) is 9.29 Å². The Balaban J connectivity index is 2.95. The number of nitrogens with zero attached hydrogens (tertiary/aromatic N) is 1. The molecule has 0 aliphatic heterocycles. The molecule has 1 heterocycles. The minimum Gasteiger partial charge on any atom is -0.477 e. The number of sulfonamides is 1. The highest BCUT2D eigenvalue weighted by atomic mass is 32.2. The third kappa shape index (κ3) is 4.15. The van der Waals surface area contributed by atoms with Gasteiger partial charge in [-0.15, -0.1) is 0 Å². The molecule has 0 aliphatic carbocycles. The van der Waals surface area contributed by atoms with Crippen LogP contribution in [-0.4, -0.2) is 46.8 Å². The molecule has 0 radical (unpaired) electrons. The van der Waals surface area contributed by atoms with E-state index in [1.165, 1.54) is 17.0 Å². The van der Waals surface area contributed by atoms with Crippen LogP contribution in [0.15, 0.2) is 17.2 Å². The van der Waals surface area contributed by atoms with Crippen LogP contribution in [0.1, 0.15) is 17.4 Å². The maximum atomic E-state index is 11.9. The first-order valence-corrected chi connectivity index (χ1v) is 8.72. The third-order valence-corrected chi connectivity index (χ3v) is 4.63. The summed E-state index contributed by atoms with van der Waals surface area (Å²) in [5.41, 5.74) is -0.0815. The van der Waals surface area contributed by atoms with Crippen molar-refractivity contribution in [3.05, 3.63) is 18.0 Å². The molecular formula is C10H16N2O5S2.